The van der Waals surface area contributed by atoms with E-state index in [1.165, 1.54) is 23.5 Å². The molecular formula is C13H10F3N3S. The lowest BCUT2D eigenvalue weighted by molar-refractivity contribution is -0.137. The van der Waals surface area contributed by atoms with E-state index in [1.807, 2.05) is 6.92 Å². The molecule has 0 radical (unpaired) electrons. The van der Waals surface area contributed by atoms with Crippen LogP contribution in [0.2, 0.25) is 0 Å². The molecule has 20 heavy (non-hydrogen) atoms. The summed E-state index contributed by atoms with van der Waals surface area (Å²) in [5.41, 5.74) is -1.01. The lowest BCUT2D eigenvalue weighted by Crippen LogP contribution is -2.11. The Bertz CT molecular complexity index is 629. The van der Waals surface area contributed by atoms with Gasteiger partial charge in [0.2, 0.25) is 0 Å². The predicted molar refractivity (Wildman–Crippen MR) is 70.3 cm³/mol. The summed E-state index contributed by atoms with van der Waals surface area (Å²) in [6.07, 6.45) is -2.91. The van der Waals surface area contributed by atoms with E-state index >= 15 is 0 Å². The highest BCUT2D eigenvalue weighted by atomic mass is 32.1. The number of hydrogen-bond acceptors (Lipinski definition) is 4. The minimum atomic E-state index is -4.55. The van der Waals surface area contributed by atoms with Crippen LogP contribution in [0.15, 0.2) is 29.8 Å². The van der Waals surface area contributed by atoms with Crippen LogP contribution in [0, 0.1) is 11.3 Å². The molecule has 3 nitrogen and oxygen atoms in total. The van der Waals surface area contributed by atoms with Crippen molar-refractivity contribution in [3.8, 4) is 6.07 Å². The highest BCUT2D eigenvalue weighted by Crippen LogP contribution is 2.34. The van der Waals surface area contributed by atoms with Gasteiger partial charge in [-0.05, 0) is 25.1 Å². The van der Waals surface area contributed by atoms with Crippen LogP contribution in [0.25, 0.3) is 0 Å². The van der Waals surface area contributed by atoms with Crippen LogP contribution in [-0.2, 0) is 6.18 Å². The first kappa shape index (κ1) is 14.3. The van der Waals surface area contributed by atoms with Gasteiger partial charge in [0.25, 0.3) is 0 Å². The van der Waals surface area contributed by atoms with E-state index in [9.17, 15) is 13.2 Å². The number of rotatable bonds is 3. The Hall–Kier alpha value is -2.07. The molecule has 1 aromatic heterocycles. The van der Waals surface area contributed by atoms with Gasteiger partial charge < -0.3 is 5.32 Å². The summed E-state index contributed by atoms with van der Waals surface area (Å²) in [6.45, 7) is 1.81. The lowest BCUT2D eigenvalue weighted by atomic mass is 10.1. The van der Waals surface area contributed by atoms with Crippen molar-refractivity contribution in [3.63, 3.8) is 0 Å². The fourth-order valence-corrected chi connectivity index (χ4v) is 2.37. The van der Waals surface area contributed by atoms with Crippen molar-refractivity contribution in [3.05, 3.63) is 45.9 Å². The van der Waals surface area contributed by atoms with Gasteiger partial charge in [-0.2, -0.15) is 18.4 Å². The maximum absolute atomic E-state index is 12.8. The van der Waals surface area contributed by atoms with Gasteiger partial charge in [0.15, 0.2) is 0 Å². The van der Waals surface area contributed by atoms with Gasteiger partial charge in [0, 0.05) is 17.3 Å². The molecule has 0 bridgehead atoms. The topological polar surface area (TPSA) is 48.7 Å². The van der Waals surface area contributed by atoms with Crippen molar-refractivity contribution in [2.24, 2.45) is 0 Å². The van der Waals surface area contributed by atoms with E-state index in [0.29, 0.717) is 5.69 Å². The van der Waals surface area contributed by atoms with E-state index in [4.69, 9.17) is 5.26 Å². The molecule has 1 atom stereocenters. The Morgan fingerprint density at radius 2 is 2.15 bits per heavy atom. The molecule has 2 rings (SSSR count). The summed E-state index contributed by atoms with van der Waals surface area (Å²) in [4.78, 5) is 4.10. The van der Waals surface area contributed by atoms with Gasteiger partial charge >= 0.3 is 6.18 Å². The molecule has 7 heteroatoms. The fraction of sp³-hybridized carbons (Fsp3) is 0.231. The van der Waals surface area contributed by atoms with Gasteiger partial charge in [0.1, 0.15) is 5.01 Å². The number of nitrogens with one attached hydrogen (secondary N) is 1. The van der Waals surface area contributed by atoms with Gasteiger partial charge in [0.05, 0.1) is 23.2 Å². The SMILES string of the molecule is CC(Nc1ccc(C#N)c(C(F)(F)F)c1)c1nccs1. The third kappa shape index (κ3) is 3.08. The molecule has 1 aromatic carbocycles. The molecule has 0 amide bonds. The Morgan fingerprint density at radius 1 is 1.40 bits per heavy atom. The molecule has 0 aliphatic carbocycles. The van der Waals surface area contributed by atoms with E-state index < -0.39 is 11.7 Å². The molecule has 1 heterocycles. The molecule has 0 aliphatic rings. The number of aromatic nitrogens is 1. The lowest BCUT2D eigenvalue weighted by Gasteiger charge is -2.15. The number of thiazole rings is 1. The number of hydrogen-bond donors (Lipinski definition) is 1. The monoisotopic (exact) mass is 297 g/mol. The summed E-state index contributed by atoms with van der Waals surface area (Å²) in [5.74, 6) is 0. The van der Waals surface area contributed by atoms with Crippen LogP contribution in [0.5, 0.6) is 0 Å². The first-order valence-electron chi connectivity index (χ1n) is 5.69. The van der Waals surface area contributed by atoms with Gasteiger partial charge in [-0.15, -0.1) is 11.3 Å². The number of benzene rings is 1. The second kappa shape index (κ2) is 5.51. The average Bonchev–Trinajstić information content (AvgIpc) is 2.91. The number of nitrogens with zero attached hydrogens (tertiary/aromatic N) is 2. The molecule has 2 aromatic rings. The van der Waals surface area contributed by atoms with Gasteiger partial charge in [-0.3, -0.25) is 0 Å². The van der Waals surface area contributed by atoms with E-state index in [0.717, 1.165) is 11.1 Å². The Morgan fingerprint density at radius 3 is 2.70 bits per heavy atom. The zero-order chi connectivity index (χ0) is 14.8. The first-order valence-corrected chi connectivity index (χ1v) is 6.57. The van der Waals surface area contributed by atoms with Crippen molar-refractivity contribution in [1.82, 2.24) is 4.98 Å². The summed E-state index contributed by atoms with van der Waals surface area (Å²) >= 11 is 1.42. The maximum Gasteiger partial charge on any atom is 0.417 e. The molecule has 0 saturated carbocycles. The van der Waals surface area contributed by atoms with E-state index in [1.54, 1.807) is 17.6 Å². The molecule has 0 aliphatic heterocycles. The third-order valence-corrected chi connectivity index (χ3v) is 3.61. The van der Waals surface area contributed by atoms with Crippen molar-refractivity contribution < 1.29 is 13.2 Å². The van der Waals surface area contributed by atoms with Crippen molar-refractivity contribution in [2.75, 3.05) is 5.32 Å². The average molecular weight is 297 g/mol. The zero-order valence-corrected chi connectivity index (χ0v) is 11.2. The highest BCUT2D eigenvalue weighted by molar-refractivity contribution is 7.09. The molecule has 0 saturated heterocycles. The fourth-order valence-electron chi connectivity index (χ4n) is 1.73. The molecule has 0 spiro atoms. The Balaban J connectivity index is 2.28. The maximum atomic E-state index is 12.8. The van der Waals surface area contributed by atoms with Crippen LogP contribution in [-0.4, -0.2) is 4.98 Å². The minimum absolute atomic E-state index is 0.205. The molecule has 104 valence electrons. The number of nitriles is 1. The van der Waals surface area contributed by atoms with E-state index in [-0.39, 0.29) is 11.6 Å². The highest BCUT2D eigenvalue weighted by Gasteiger charge is 2.33. The summed E-state index contributed by atoms with van der Waals surface area (Å²) < 4.78 is 38.5. The van der Waals surface area contributed by atoms with Crippen molar-refractivity contribution in [1.29, 1.82) is 5.26 Å². The second-order valence-electron chi connectivity index (χ2n) is 4.11. The largest absolute Gasteiger partial charge is 0.417 e. The van der Waals surface area contributed by atoms with Crippen LogP contribution in [0.1, 0.15) is 29.1 Å². The van der Waals surface area contributed by atoms with Gasteiger partial charge in [-0.1, -0.05) is 0 Å². The van der Waals surface area contributed by atoms with Crippen LogP contribution in [0.3, 0.4) is 0 Å². The van der Waals surface area contributed by atoms with Crippen LogP contribution in [0.4, 0.5) is 18.9 Å². The van der Waals surface area contributed by atoms with E-state index in [2.05, 4.69) is 10.3 Å². The number of alkyl halides is 3. The zero-order valence-electron chi connectivity index (χ0n) is 10.4. The second-order valence-corrected chi connectivity index (χ2v) is 5.03. The minimum Gasteiger partial charge on any atom is -0.376 e. The first-order chi connectivity index (χ1) is 9.41. The summed E-state index contributed by atoms with van der Waals surface area (Å²) in [6, 6.07) is 4.92. The number of halogens is 3. The predicted octanol–water partition coefficient (Wildman–Crippen LogP) is 4.21. The van der Waals surface area contributed by atoms with Gasteiger partial charge in [-0.25, -0.2) is 4.98 Å². The Kier molecular flexibility index (Phi) is 3.95. The summed E-state index contributed by atoms with van der Waals surface area (Å²) in [7, 11) is 0. The standard InChI is InChI=1S/C13H10F3N3S/c1-8(12-18-4-5-20-12)19-10-3-2-9(7-17)11(6-10)13(14,15)16/h2-6,8,19H,1H3. The van der Waals surface area contributed by atoms with Crippen LogP contribution >= 0.6 is 11.3 Å². The molecule has 1 N–H and O–H groups in total. The third-order valence-electron chi connectivity index (χ3n) is 2.65. The molecule has 1 unspecified atom stereocenters. The normalized spacial score (nSPS) is 12.8. The number of anilines is 1. The summed E-state index contributed by atoms with van der Waals surface area (Å²) in [5, 5.41) is 14.3. The smallest absolute Gasteiger partial charge is 0.376 e. The van der Waals surface area contributed by atoms with Crippen LogP contribution < -0.4 is 5.32 Å². The quantitative estimate of drug-likeness (QED) is 0.923. The van der Waals surface area contributed by atoms with Crippen molar-refractivity contribution in [2.45, 2.75) is 19.1 Å². The molecule has 0 fully saturated rings. The molecular weight excluding hydrogens is 287 g/mol. The Labute approximate surface area is 117 Å². The van der Waals surface area contributed by atoms with Crippen molar-refractivity contribution >= 4 is 17.0 Å².